The molecule has 3 aliphatic rings. The van der Waals surface area contributed by atoms with E-state index in [0.29, 0.717) is 51.1 Å². The summed E-state index contributed by atoms with van der Waals surface area (Å²) in [6.07, 6.45) is 11.8. The van der Waals surface area contributed by atoms with E-state index in [-0.39, 0.29) is 29.1 Å². The second kappa shape index (κ2) is 12.7. The summed E-state index contributed by atoms with van der Waals surface area (Å²) < 4.78 is 1.77. The molecule has 1 spiro atoms. The molecule has 3 N–H and O–H groups in total. The highest BCUT2D eigenvalue weighted by atomic mass is 16.2. The minimum Gasteiger partial charge on any atom is -0.371 e. The molecule has 0 aliphatic carbocycles. The number of hydrogen-bond donors (Lipinski definition) is 3. The van der Waals surface area contributed by atoms with Gasteiger partial charge in [0.2, 0.25) is 5.91 Å². The molecule has 13 heteroatoms. The Balaban J connectivity index is 0.965. The summed E-state index contributed by atoms with van der Waals surface area (Å²) in [4.78, 5) is 58.4. The highest BCUT2D eigenvalue weighted by Gasteiger charge is 2.43. The Morgan fingerprint density at radius 1 is 1.00 bits per heavy atom. The summed E-state index contributed by atoms with van der Waals surface area (Å²) in [6.45, 7) is 6.30. The van der Waals surface area contributed by atoms with Gasteiger partial charge in [0.15, 0.2) is 5.65 Å². The number of piperidine rings is 2. The van der Waals surface area contributed by atoms with Gasteiger partial charge >= 0.3 is 11.7 Å². The number of nitrogens with one attached hydrogen (secondary N) is 3. The molecule has 0 unspecified atom stereocenters. The van der Waals surface area contributed by atoms with Crippen LogP contribution in [0.25, 0.3) is 22.1 Å². The first-order valence-electron chi connectivity index (χ1n) is 17.3. The lowest BCUT2D eigenvalue weighted by Crippen LogP contribution is -2.54. The zero-order valence-electron chi connectivity index (χ0n) is 27.8. The number of amides is 3. The summed E-state index contributed by atoms with van der Waals surface area (Å²) >= 11 is 0. The number of urea groups is 1. The Morgan fingerprint density at radius 3 is 2.57 bits per heavy atom. The molecule has 13 nitrogen and oxygen atoms in total. The van der Waals surface area contributed by atoms with Crippen molar-refractivity contribution in [2.45, 2.75) is 57.5 Å². The number of imidazole rings is 1. The highest BCUT2D eigenvalue weighted by Crippen LogP contribution is 2.41. The van der Waals surface area contributed by atoms with E-state index in [4.69, 9.17) is 0 Å². The normalized spacial score (nSPS) is 18.8. The van der Waals surface area contributed by atoms with Crippen molar-refractivity contribution in [2.75, 3.05) is 44.2 Å². The van der Waals surface area contributed by atoms with E-state index in [1.165, 1.54) is 5.69 Å². The first-order chi connectivity index (χ1) is 23.9. The summed E-state index contributed by atoms with van der Waals surface area (Å²) in [5.41, 5.74) is 5.46. The Hall–Kier alpha value is -5.20. The average Bonchev–Trinajstić information content (AvgIpc) is 3.86. The highest BCUT2D eigenvalue weighted by molar-refractivity contribution is 5.88. The molecule has 0 bridgehead atoms. The maximum atomic E-state index is 14.4. The van der Waals surface area contributed by atoms with Gasteiger partial charge in [-0.1, -0.05) is 6.07 Å². The van der Waals surface area contributed by atoms with Crippen LogP contribution in [0, 0.1) is 12.3 Å². The number of rotatable bonds is 6. The molecule has 3 amide bonds. The smallest absolute Gasteiger partial charge is 0.327 e. The summed E-state index contributed by atoms with van der Waals surface area (Å²) in [7, 11) is 0. The maximum Gasteiger partial charge on any atom is 0.327 e. The van der Waals surface area contributed by atoms with Gasteiger partial charge in [0.05, 0.1) is 17.2 Å². The minimum atomic E-state index is -0.705. The number of H-pyrrole nitrogens is 2. The number of aryl methyl sites for hydroxylation is 1. The van der Waals surface area contributed by atoms with E-state index in [9.17, 15) is 14.4 Å². The van der Waals surface area contributed by atoms with Crippen LogP contribution in [0.3, 0.4) is 0 Å². The Morgan fingerprint density at radius 2 is 1.78 bits per heavy atom. The zero-order valence-corrected chi connectivity index (χ0v) is 27.8. The fraction of sp³-hybridized carbons (Fsp3) is 0.444. The number of likely N-dealkylation sites (tertiary alicyclic amines) is 2. The molecule has 0 saturated carbocycles. The molecule has 49 heavy (non-hydrogen) atoms. The van der Waals surface area contributed by atoms with Crippen LogP contribution >= 0.6 is 0 Å². The van der Waals surface area contributed by atoms with Crippen LogP contribution in [-0.2, 0) is 11.2 Å². The monoisotopic (exact) mass is 662 g/mol. The maximum absolute atomic E-state index is 14.4. The molecule has 5 aromatic rings. The van der Waals surface area contributed by atoms with E-state index in [1.54, 1.807) is 21.9 Å². The van der Waals surface area contributed by atoms with E-state index in [2.05, 4.69) is 59.6 Å². The number of carbonyl (C=O) groups excluding carboxylic acids is 2. The Kier molecular flexibility index (Phi) is 8.04. The fourth-order valence-corrected chi connectivity index (χ4v) is 8.30. The van der Waals surface area contributed by atoms with Gasteiger partial charge in [-0.05, 0) is 85.9 Å². The van der Waals surface area contributed by atoms with Crippen molar-refractivity contribution in [2.24, 2.45) is 5.41 Å². The molecule has 1 atom stereocenters. The third kappa shape index (κ3) is 6.02. The molecule has 254 valence electrons. The standard InChI is InChI=1S/C36H42N10O3/c1-24-19-25(20-26-22-39-42-31(24)26)21-29(33(47)45-18-10-36(23-45)8-16-43(17-9-36)27-4-12-37-13-5-27)40-34(48)44-14-6-28(7-15-44)46-30-3-2-11-38-32(30)41-35(46)49/h2-5,11-13,19-20,22,28-29H,6-10,14-18,21,23H2,1H3,(H,39,42)(H,40,48)(H,38,41,49)/t29-/m1/s1. The van der Waals surface area contributed by atoms with Crippen LogP contribution in [-0.4, -0.2) is 96.8 Å². The van der Waals surface area contributed by atoms with Crippen molar-refractivity contribution in [3.05, 3.63) is 82.8 Å². The third-order valence-electron chi connectivity index (χ3n) is 11.1. The summed E-state index contributed by atoms with van der Waals surface area (Å²) in [5.74, 6) is -0.0283. The van der Waals surface area contributed by atoms with Crippen LogP contribution < -0.4 is 15.9 Å². The second-order valence-corrected chi connectivity index (χ2v) is 14.0. The Labute approximate surface area is 283 Å². The number of nitrogens with zero attached hydrogens (tertiary/aromatic N) is 7. The lowest BCUT2D eigenvalue weighted by molar-refractivity contribution is -0.132. The molecule has 3 aliphatic heterocycles. The molecular weight excluding hydrogens is 620 g/mol. The topological polar surface area (TPSA) is 148 Å². The molecule has 1 aromatic carbocycles. The lowest BCUT2D eigenvalue weighted by Gasteiger charge is -2.40. The number of benzene rings is 1. The van der Waals surface area contributed by atoms with Crippen LogP contribution in [0.2, 0.25) is 0 Å². The van der Waals surface area contributed by atoms with Crippen molar-refractivity contribution in [3.63, 3.8) is 0 Å². The predicted octanol–water partition coefficient (Wildman–Crippen LogP) is 3.78. The third-order valence-corrected chi connectivity index (χ3v) is 11.1. The number of aromatic amines is 2. The molecule has 7 heterocycles. The molecule has 0 radical (unpaired) electrons. The van der Waals surface area contributed by atoms with Gasteiger partial charge in [-0.3, -0.25) is 24.4 Å². The summed E-state index contributed by atoms with van der Waals surface area (Å²) in [6, 6.07) is 11.0. The SMILES string of the molecule is Cc1cc(C[C@@H](NC(=O)N2CCC(n3c(=O)[nH]c4ncccc43)CC2)C(=O)N2CCC3(CCN(c4ccncc4)CC3)C2)cc2cn[nH]c12. The first kappa shape index (κ1) is 31.1. The van der Waals surface area contributed by atoms with Crippen molar-refractivity contribution in [3.8, 4) is 0 Å². The molecule has 3 saturated heterocycles. The number of pyridine rings is 2. The quantitative estimate of drug-likeness (QED) is 0.251. The molecule has 8 rings (SSSR count). The van der Waals surface area contributed by atoms with Gasteiger partial charge in [-0.15, -0.1) is 0 Å². The van der Waals surface area contributed by atoms with Crippen LogP contribution in [0.5, 0.6) is 0 Å². The fourth-order valence-electron chi connectivity index (χ4n) is 8.30. The van der Waals surface area contributed by atoms with Gasteiger partial charge in [0, 0.05) is 81.4 Å². The van der Waals surface area contributed by atoms with Crippen LogP contribution in [0.1, 0.15) is 49.3 Å². The van der Waals surface area contributed by atoms with E-state index < -0.39 is 6.04 Å². The number of aromatic nitrogens is 6. The zero-order chi connectivity index (χ0) is 33.5. The average molecular weight is 663 g/mol. The van der Waals surface area contributed by atoms with Crippen molar-refractivity contribution >= 4 is 39.7 Å². The van der Waals surface area contributed by atoms with Crippen LogP contribution in [0.4, 0.5) is 10.5 Å². The molecular formula is C36H42N10O3. The van der Waals surface area contributed by atoms with Gasteiger partial charge in [-0.25, -0.2) is 14.6 Å². The van der Waals surface area contributed by atoms with Crippen molar-refractivity contribution in [1.82, 2.24) is 44.8 Å². The van der Waals surface area contributed by atoms with Gasteiger partial charge in [0.1, 0.15) is 6.04 Å². The second-order valence-electron chi connectivity index (χ2n) is 14.0. The van der Waals surface area contributed by atoms with Crippen LogP contribution in [0.15, 0.2) is 66.0 Å². The van der Waals surface area contributed by atoms with Crippen molar-refractivity contribution in [1.29, 1.82) is 0 Å². The number of anilines is 1. The van der Waals surface area contributed by atoms with Crippen molar-refractivity contribution < 1.29 is 9.59 Å². The van der Waals surface area contributed by atoms with E-state index in [0.717, 1.165) is 59.9 Å². The number of carbonyl (C=O) groups is 2. The first-order valence-corrected chi connectivity index (χ1v) is 17.3. The van der Waals surface area contributed by atoms with Gasteiger partial charge < -0.3 is 20.0 Å². The number of fused-ring (bicyclic) bond motifs is 2. The van der Waals surface area contributed by atoms with E-state index >= 15 is 0 Å². The van der Waals surface area contributed by atoms with E-state index in [1.807, 2.05) is 36.4 Å². The molecule has 4 aromatic heterocycles. The van der Waals surface area contributed by atoms with Gasteiger partial charge in [-0.2, -0.15) is 5.10 Å². The predicted molar refractivity (Wildman–Crippen MR) is 186 cm³/mol. The minimum absolute atomic E-state index is 0.0283. The Bertz CT molecular complexity index is 2040. The largest absolute Gasteiger partial charge is 0.371 e. The summed E-state index contributed by atoms with van der Waals surface area (Å²) in [5, 5.41) is 11.4. The number of hydrogen-bond acceptors (Lipinski definition) is 7. The van der Waals surface area contributed by atoms with Gasteiger partial charge in [0.25, 0.3) is 0 Å². The molecule has 3 fully saturated rings. The lowest BCUT2D eigenvalue weighted by atomic mass is 9.77.